The van der Waals surface area contributed by atoms with E-state index in [1.54, 1.807) is 0 Å². The molecule has 0 bridgehead atoms. The molecular formula is C16H26N2O. The van der Waals surface area contributed by atoms with Crippen LogP contribution in [0.4, 0.5) is 0 Å². The third kappa shape index (κ3) is 5.03. The van der Waals surface area contributed by atoms with Gasteiger partial charge in [-0.2, -0.15) is 0 Å². The number of nitrogens with zero attached hydrogens (tertiary/aromatic N) is 1. The van der Waals surface area contributed by atoms with Crippen LogP contribution in [0.2, 0.25) is 0 Å². The maximum Gasteiger partial charge on any atom is 0.231 e. The highest BCUT2D eigenvalue weighted by molar-refractivity contribution is 5.75. The lowest BCUT2D eigenvalue weighted by Crippen LogP contribution is -2.37. The summed E-state index contributed by atoms with van der Waals surface area (Å²) in [6.45, 7) is 11.8. The smallest absolute Gasteiger partial charge is 0.231 e. The first-order valence-corrected chi connectivity index (χ1v) is 6.82. The Morgan fingerprint density at radius 2 is 1.74 bits per heavy atom. The molecule has 0 radical (unpaired) electrons. The minimum Gasteiger partial charge on any atom is -0.369 e. The average molecular weight is 262 g/mol. The van der Waals surface area contributed by atoms with Gasteiger partial charge in [-0.25, -0.2) is 0 Å². The van der Waals surface area contributed by atoms with E-state index in [1.165, 1.54) is 11.1 Å². The first-order valence-electron chi connectivity index (χ1n) is 6.82. The van der Waals surface area contributed by atoms with E-state index in [-0.39, 0.29) is 11.3 Å². The summed E-state index contributed by atoms with van der Waals surface area (Å²) in [4.78, 5) is 13.1. The third-order valence-electron chi connectivity index (χ3n) is 3.29. The molecule has 1 amide bonds. The molecule has 0 aromatic heterocycles. The number of carbonyl (C=O) groups is 1. The summed E-state index contributed by atoms with van der Waals surface area (Å²) in [5.74, 6) is -0.278. The SMILES string of the molecule is CC(C)N(CC(N)=O)Cc1ccc(C(C)(C)C)cc1. The van der Waals surface area contributed by atoms with E-state index in [4.69, 9.17) is 5.73 Å². The molecule has 0 fully saturated rings. The average Bonchev–Trinajstić information content (AvgIpc) is 2.27. The van der Waals surface area contributed by atoms with Crippen LogP contribution in [0, 0.1) is 0 Å². The van der Waals surface area contributed by atoms with Crippen molar-refractivity contribution < 1.29 is 4.79 Å². The Hall–Kier alpha value is -1.35. The van der Waals surface area contributed by atoms with Crippen molar-refractivity contribution in [2.24, 2.45) is 5.73 Å². The van der Waals surface area contributed by atoms with Crippen LogP contribution in [-0.4, -0.2) is 23.4 Å². The summed E-state index contributed by atoms with van der Waals surface area (Å²) in [5.41, 5.74) is 7.99. The van der Waals surface area contributed by atoms with Gasteiger partial charge < -0.3 is 5.73 Å². The summed E-state index contributed by atoms with van der Waals surface area (Å²) in [5, 5.41) is 0. The Morgan fingerprint density at radius 1 is 1.21 bits per heavy atom. The fraction of sp³-hybridized carbons (Fsp3) is 0.562. The van der Waals surface area contributed by atoms with Crippen molar-refractivity contribution in [1.29, 1.82) is 0 Å². The molecule has 0 spiro atoms. The standard InChI is InChI=1S/C16H26N2O/c1-12(2)18(11-15(17)19)10-13-6-8-14(9-7-13)16(3,4)5/h6-9,12H,10-11H2,1-5H3,(H2,17,19). The number of nitrogens with two attached hydrogens (primary N) is 1. The molecule has 1 aromatic carbocycles. The Kier molecular flexibility index (Phi) is 5.12. The predicted molar refractivity (Wildman–Crippen MR) is 79.9 cm³/mol. The first kappa shape index (κ1) is 15.7. The number of benzene rings is 1. The zero-order chi connectivity index (χ0) is 14.6. The number of amides is 1. The summed E-state index contributed by atoms with van der Waals surface area (Å²) >= 11 is 0. The van der Waals surface area contributed by atoms with Gasteiger partial charge >= 0.3 is 0 Å². The van der Waals surface area contributed by atoms with Crippen LogP contribution in [0.3, 0.4) is 0 Å². The highest BCUT2D eigenvalue weighted by atomic mass is 16.1. The van der Waals surface area contributed by atoms with Gasteiger partial charge in [0.25, 0.3) is 0 Å². The molecule has 3 heteroatoms. The van der Waals surface area contributed by atoms with E-state index < -0.39 is 0 Å². The largest absolute Gasteiger partial charge is 0.369 e. The minimum atomic E-state index is -0.278. The Labute approximate surface area is 116 Å². The molecule has 0 heterocycles. The van der Waals surface area contributed by atoms with Crippen LogP contribution >= 0.6 is 0 Å². The molecule has 1 rings (SSSR count). The highest BCUT2D eigenvalue weighted by Gasteiger charge is 2.15. The van der Waals surface area contributed by atoms with Gasteiger partial charge in [0.1, 0.15) is 0 Å². The number of carbonyl (C=O) groups excluding carboxylic acids is 1. The molecule has 0 saturated carbocycles. The maximum atomic E-state index is 11.1. The van der Waals surface area contributed by atoms with Gasteiger partial charge in [0.2, 0.25) is 5.91 Å². The molecule has 0 aliphatic heterocycles. The van der Waals surface area contributed by atoms with Crippen molar-refractivity contribution in [3.8, 4) is 0 Å². The Balaban J connectivity index is 2.78. The van der Waals surface area contributed by atoms with Crippen molar-refractivity contribution in [2.75, 3.05) is 6.54 Å². The van der Waals surface area contributed by atoms with Crippen LogP contribution < -0.4 is 5.73 Å². The molecule has 0 unspecified atom stereocenters. The number of primary amides is 1. The van der Waals surface area contributed by atoms with Gasteiger partial charge in [-0.15, -0.1) is 0 Å². The van der Waals surface area contributed by atoms with E-state index in [0.717, 1.165) is 6.54 Å². The molecule has 19 heavy (non-hydrogen) atoms. The molecule has 2 N–H and O–H groups in total. The van der Waals surface area contributed by atoms with Crippen molar-refractivity contribution in [3.05, 3.63) is 35.4 Å². The van der Waals surface area contributed by atoms with Gasteiger partial charge in [0.15, 0.2) is 0 Å². The fourth-order valence-electron chi connectivity index (χ4n) is 1.97. The normalized spacial score (nSPS) is 12.2. The zero-order valence-corrected chi connectivity index (χ0v) is 12.7. The minimum absolute atomic E-state index is 0.170. The monoisotopic (exact) mass is 262 g/mol. The van der Waals surface area contributed by atoms with Gasteiger partial charge in [-0.05, 0) is 30.4 Å². The van der Waals surface area contributed by atoms with Gasteiger partial charge in [-0.3, -0.25) is 9.69 Å². The lowest BCUT2D eigenvalue weighted by Gasteiger charge is -2.25. The summed E-state index contributed by atoms with van der Waals surface area (Å²) in [7, 11) is 0. The molecule has 0 aliphatic rings. The van der Waals surface area contributed by atoms with Crippen molar-refractivity contribution in [3.63, 3.8) is 0 Å². The van der Waals surface area contributed by atoms with Crippen LogP contribution in [0.5, 0.6) is 0 Å². The van der Waals surface area contributed by atoms with E-state index in [1.807, 2.05) is 0 Å². The number of rotatable bonds is 5. The second-order valence-corrected chi connectivity index (χ2v) is 6.41. The molecule has 0 aliphatic carbocycles. The van der Waals surface area contributed by atoms with Crippen molar-refractivity contribution >= 4 is 5.91 Å². The molecule has 1 aromatic rings. The number of hydrogen-bond acceptors (Lipinski definition) is 2. The summed E-state index contributed by atoms with van der Waals surface area (Å²) in [6, 6.07) is 8.90. The van der Waals surface area contributed by atoms with Crippen LogP contribution in [-0.2, 0) is 16.8 Å². The summed E-state index contributed by atoms with van der Waals surface area (Å²) in [6.07, 6.45) is 0. The van der Waals surface area contributed by atoms with Gasteiger partial charge in [-0.1, -0.05) is 45.0 Å². The van der Waals surface area contributed by atoms with Crippen molar-refractivity contribution in [2.45, 2.75) is 52.6 Å². The van der Waals surface area contributed by atoms with Crippen LogP contribution in [0.25, 0.3) is 0 Å². The molecule has 0 atom stereocenters. The third-order valence-corrected chi connectivity index (χ3v) is 3.29. The topological polar surface area (TPSA) is 46.3 Å². The van der Waals surface area contributed by atoms with Gasteiger partial charge in [0.05, 0.1) is 6.54 Å². The first-order chi connectivity index (χ1) is 8.70. The molecule has 3 nitrogen and oxygen atoms in total. The second-order valence-electron chi connectivity index (χ2n) is 6.41. The second kappa shape index (κ2) is 6.20. The number of hydrogen-bond donors (Lipinski definition) is 1. The van der Waals surface area contributed by atoms with E-state index >= 15 is 0 Å². The molecular weight excluding hydrogens is 236 g/mol. The van der Waals surface area contributed by atoms with E-state index in [0.29, 0.717) is 12.6 Å². The molecule has 106 valence electrons. The fourth-order valence-corrected chi connectivity index (χ4v) is 1.97. The Bertz CT molecular complexity index is 415. The lowest BCUT2D eigenvalue weighted by atomic mass is 9.87. The summed E-state index contributed by atoms with van der Waals surface area (Å²) < 4.78 is 0. The Morgan fingerprint density at radius 3 is 2.11 bits per heavy atom. The highest BCUT2D eigenvalue weighted by Crippen LogP contribution is 2.22. The maximum absolute atomic E-state index is 11.1. The van der Waals surface area contributed by atoms with E-state index in [9.17, 15) is 4.79 Å². The van der Waals surface area contributed by atoms with Crippen molar-refractivity contribution in [1.82, 2.24) is 4.90 Å². The van der Waals surface area contributed by atoms with E-state index in [2.05, 4.69) is 63.8 Å². The lowest BCUT2D eigenvalue weighted by molar-refractivity contribution is -0.119. The quantitative estimate of drug-likeness (QED) is 0.886. The van der Waals surface area contributed by atoms with Crippen LogP contribution in [0.15, 0.2) is 24.3 Å². The van der Waals surface area contributed by atoms with Crippen LogP contribution in [0.1, 0.15) is 45.7 Å². The zero-order valence-electron chi connectivity index (χ0n) is 12.7. The predicted octanol–water partition coefficient (Wildman–Crippen LogP) is 2.68. The molecule has 0 saturated heterocycles. The van der Waals surface area contributed by atoms with Gasteiger partial charge in [0, 0.05) is 12.6 Å².